The van der Waals surface area contributed by atoms with E-state index in [2.05, 4.69) is 15.2 Å². The van der Waals surface area contributed by atoms with Crippen molar-refractivity contribution >= 4 is 22.6 Å². The molecule has 13 heavy (non-hydrogen) atoms. The number of amidine groups is 1. The summed E-state index contributed by atoms with van der Waals surface area (Å²) in [6, 6.07) is 9.68. The highest BCUT2D eigenvalue weighted by Crippen LogP contribution is 2.16. The summed E-state index contributed by atoms with van der Waals surface area (Å²) in [4.78, 5) is 4.17. The Morgan fingerprint density at radius 1 is 1.15 bits per heavy atom. The van der Waals surface area contributed by atoms with Crippen LogP contribution in [0, 0.1) is 0 Å². The third-order valence-electron chi connectivity index (χ3n) is 1.58. The molecule has 0 N–H and O–H groups in total. The Kier molecular flexibility index (Phi) is 2.72. The monoisotopic (exact) mass is 191 g/mol. The maximum Gasteiger partial charge on any atom is 0.204 e. The molecule has 0 saturated heterocycles. The SMILES string of the molecule is c1ccc(/N=N/C2=NCCS2)cc1. The van der Waals surface area contributed by atoms with Crippen LogP contribution < -0.4 is 0 Å². The molecule has 1 aromatic carbocycles. The van der Waals surface area contributed by atoms with E-state index in [0.29, 0.717) is 0 Å². The highest BCUT2D eigenvalue weighted by molar-refractivity contribution is 8.14. The van der Waals surface area contributed by atoms with E-state index in [1.165, 1.54) is 0 Å². The third kappa shape index (κ3) is 2.39. The zero-order valence-corrected chi connectivity index (χ0v) is 7.87. The first-order valence-corrected chi connectivity index (χ1v) is 5.08. The fourth-order valence-corrected chi connectivity index (χ4v) is 1.63. The number of thioether (sulfide) groups is 1. The molecule has 2 rings (SSSR count). The zero-order chi connectivity index (χ0) is 8.93. The number of hydrogen-bond acceptors (Lipinski definition) is 4. The largest absolute Gasteiger partial charge is 0.258 e. The lowest BCUT2D eigenvalue weighted by Gasteiger charge is -1.89. The van der Waals surface area contributed by atoms with Gasteiger partial charge in [-0.3, -0.25) is 4.99 Å². The topological polar surface area (TPSA) is 37.1 Å². The molecule has 1 aromatic rings. The van der Waals surface area contributed by atoms with Crippen LogP contribution in [-0.4, -0.2) is 17.5 Å². The quantitative estimate of drug-likeness (QED) is 0.629. The molecule has 0 unspecified atom stereocenters. The van der Waals surface area contributed by atoms with E-state index in [9.17, 15) is 0 Å². The van der Waals surface area contributed by atoms with E-state index >= 15 is 0 Å². The molecule has 0 fully saturated rings. The molecule has 1 aliphatic rings. The smallest absolute Gasteiger partial charge is 0.204 e. The Balaban J connectivity index is 2.05. The Hall–Kier alpha value is -1.16. The van der Waals surface area contributed by atoms with Crippen LogP contribution in [0.4, 0.5) is 5.69 Å². The average Bonchev–Trinajstić information content (AvgIpc) is 2.69. The Labute approximate surface area is 81.0 Å². The molecule has 4 heteroatoms. The van der Waals surface area contributed by atoms with Gasteiger partial charge >= 0.3 is 0 Å². The van der Waals surface area contributed by atoms with E-state index < -0.39 is 0 Å². The van der Waals surface area contributed by atoms with Gasteiger partial charge in [-0.2, -0.15) is 0 Å². The first-order chi connectivity index (χ1) is 6.45. The minimum atomic E-state index is 0.795. The summed E-state index contributed by atoms with van der Waals surface area (Å²) in [5.41, 5.74) is 0.873. The Morgan fingerprint density at radius 2 is 2.00 bits per heavy atom. The summed E-state index contributed by atoms with van der Waals surface area (Å²) in [6.07, 6.45) is 0. The molecular weight excluding hydrogens is 182 g/mol. The lowest BCUT2D eigenvalue weighted by Crippen LogP contribution is -1.76. The standard InChI is InChI=1S/C9H9N3S/c1-2-4-8(5-3-1)11-12-9-10-6-7-13-9/h1-5H,6-7H2/b12-11+. The summed E-state index contributed by atoms with van der Waals surface area (Å²) in [7, 11) is 0. The molecule has 0 amide bonds. The van der Waals surface area contributed by atoms with Gasteiger partial charge in [-0.1, -0.05) is 30.0 Å². The minimum Gasteiger partial charge on any atom is -0.258 e. The molecule has 0 aromatic heterocycles. The van der Waals surface area contributed by atoms with Gasteiger partial charge in [0.25, 0.3) is 0 Å². The third-order valence-corrected chi connectivity index (χ3v) is 2.43. The van der Waals surface area contributed by atoms with Gasteiger partial charge in [0.1, 0.15) is 0 Å². The van der Waals surface area contributed by atoms with Crippen molar-refractivity contribution < 1.29 is 0 Å². The van der Waals surface area contributed by atoms with Crippen LogP contribution in [0.3, 0.4) is 0 Å². The van der Waals surface area contributed by atoms with E-state index in [1.54, 1.807) is 11.8 Å². The van der Waals surface area contributed by atoms with Crippen molar-refractivity contribution in [3.05, 3.63) is 30.3 Å². The van der Waals surface area contributed by atoms with E-state index in [-0.39, 0.29) is 0 Å². The van der Waals surface area contributed by atoms with Crippen molar-refractivity contribution in [1.82, 2.24) is 0 Å². The molecule has 0 saturated carbocycles. The molecule has 0 atom stereocenters. The van der Waals surface area contributed by atoms with Gasteiger partial charge in [-0.15, -0.1) is 10.2 Å². The van der Waals surface area contributed by atoms with Crippen LogP contribution >= 0.6 is 11.8 Å². The molecular formula is C9H9N3S. The molecule has 0 radical (unpaired) electrons. The van der Waals surface area contributed by atoms with Crippen molar-refractivity contribution in [2.75, 3.05) is 12.3 Å². The fraction of sp³-hybridized carbons (Fsp3) is 0.222. The van der Waals surface area contributed by atoms with Crippen molar-refractivity contribution in [2.24, 2.45) is 15.2 Å². The van der Waals surface area contributed by atoms with Crippen LogP contribution in [0.15, 0.2) is 45.6 Å². The summed E-state index contributed by atoms with van der Waals surface area (Å²) >= 11 is 1.65. The van der Waals surface area contributed by atoms with Crippen molar-refractivity contribution in [3.8, 4) is 0 Å². The normalized spacial score (nSPS) is 16.5. The molecule has 0 spiro atoms. The second-order valence-electron chi connectivity index (χ2n) is 2.55. The number of benzene rings is 1. The Bertz CT molecular complexity index is 332. The first kappa shape index (κ1) is 8.44. The van der Waals surface area contributed by atoms with Crippen molar-refractivity contribution in [1.29, 1.82) is 0 Å². The van der Waals surface area contributed by atoms with Crippen LogP contribution in [-0.2, 0) is 0 Å². The van der Waals surface area contributed by atoms with Crippen molar-refractivity contribution in [2.45, 2.75) is 0 Å². The highest BCUT2D eigenvalue weighted by Gasteiger charge is 2.04. The number of azo groups is 1. The molecule has 66 valence electrons. The molecule has 0 bridgehead atoms. The zero-order valence-electron chi connectivity index (χ0n) is 7.05. The fourth-order valence-electron chi connectivity index (χ4n) is 0.980. The van der Waals surface area contributed by atoms with Crippen molar-refractivity contribution in [3.63, 3.8) is 0 Å². The van der Waals surface area contributed by atoms with Gasteiger partial charge in [-0.05, 0) is 12.1 Å². The maximum absolute atomic E-state index is 4.17. The predicted molar refractivity (Wildman–Crippen MR) is 55.7 cm³/mol. The van der Waals surface area contributed by atoms with Gasteiger partial charge in [0, 0.05) is 5.75 Å². The van der Waals surface area contributed by atoms with Gasteiger partial charge in [-0.25, -0.2) is 0 Å². The first-order valence-electron chi connectivity index (χ1n) is 4.09. The Morgan fingerprint density at radius 3 is 2.69 bits per heavy atom. The molecule has 1 aliphatic heterocycles. The predicted octanol–water partition coefficient (Wildman–Crippen LogP) is 2.87. The van der Waals surface area contributed by atoms with E-state index in [4.69, 9.17) is 0 Å². The van der Waals surface area contributed by atoms with Crippen LogP contribution in [0.1, 0.15) is 0 Å². The average molecular weight is 191 g/mol. The van der Waals surface area contributed by atoms with Gasteiger partial charge in [0.05, 0.1) is 12.2 Å². The number of hydrogen-bond donors (Lipinski definition) is 0. The molecule has 1 heterocycles. The van der Waals surface area contributed by atoms with Crippen LogP contribution in [0.5, 0.6) is 0 Å². The summed E-state index contributed by atoms with van der Waals surface area (Å²) in [5, 5.41) is 8.89. The van der Waals surface area contributed by atoms with E-state index in [0.717, 1.165) is 23.2 Å². The minimum absolute atomic E-state index is 0.795. The lowest BCUT2D eigenvalue weighted by atomic mass is 10.3. The second kappa shape index (κ2) is 4.18. The van der Waals surface area contributed by atoms with Gasteiger partial charge in [0.2, 0.25) is 5.17 Å². The molecule has 0 aliphatic carbocycles. The summed E-state index contributed by atoms with van der Waals surface area (Å²) < 4.78 is 0. The lowest BCUT2D eigenvalue weighted by molar-refractivity contribution is 1.16. The highest BCUT2D eigenvalue weighted by atomic mass is 32.2. The second-order valence-corrected chi connectivity index (χ2v) is 3.61. The van der Waals surface area contributed by atoms with Crippen LogP contribution in [0.25, 0.3) is 0 Å². The van der Waals surface area contributed by atoms with Gasteiger partial charge in [0.15, 0.2) is 0 Å². The van der Waals surface area contributed by atoms with E-state index in [1.807, 2.05) is 30.3 Å². The summed E-state index contributed by atoms with van der Waals surface area (Å²) in [5.74, 6) is 1.03. The summed E-state index contributed by atoms with van der Waals surface area (Å²) in [6.45, 7) is 0.869. The van der Waals surface area contributed by atoms with Crippen LogP contribution in [0.2, 0.25) is 0 Å². The number of rotatable bonds is 1. The van der Waals surface area contributed by atoms with Gasteiger partial charge < -0.3 is 0 Å². The molecule has 3 nitrogen and oxygen atoms in total. The number of aliphatic imine (C=N–C) groups is 1. The number of nitrogens with zero attached hydrogens (tertiary/aromatic N) is 3. The maximum atomic E-state index is 4.17.